The predicted octanol–water partition coefficient (Wildman–Crippen LogP) is 4.48. The first-order valence-corrected chi connectivity index (χ1v) is 8.10. The lowest BCUT2D eigenvalue weighted by Crippen LogP contribution is -2.22. The van der Waals surface area contributed by atoms with Crippen molar-refractivity contribution in [2.75, 3.05) is 12.0 Å². The Morgan fingerprint density at radius 1 is 1.44 bits per heavy atom. The molecule has 0 aliphatic rings. The molecule has 0 amide bonds. The van der Waals surface area contributed by atoms with Crippen LogP contribution >= 0.6 is 39.6 Å². The van der Waals surface area contributed by atoms with Crippen molar-refractivity contribution in [1.29, 1.82) is 0 Å². The Labute approximate surface area is 115 Å². The topological polar surface area (TPSA) is 25.2 Å². The SMILES string of the molecule is CSCC(NSC(C)(C)C)c1ccc(Br)o1. The van der Waals surface area contributed by atoms with E-state index in [9.17, 15) is 0 Å². The fraction of sp³-hybridized carbons (Fsp3) is 0.636. The minimum Gasteiger partial charge on any atom is -0.453 e. The van der Waals surface area contributed by atoms with Gasteiger partial charge in [0, 0.05) is 10.5 Å². The fourth-order valence-electron chi connectivity index (χ4n) is 1.10. The molecule has 1 aromatic heterocycles. The van der Waals surface area contributed by atoms with E-state index >= 15 is 0 Å². The second-order valence-corrected chi connectivity index (χ2v) is 7.84. The Morgan fingerprint density at radius 2 is 2.12 bits per heavy atom. The van der Waals surface area contributed by atoms with E-state index < -0.39 is 0 Å². The molecule has 0 fully saturated rings. The van der Waals surface area contributed by atoms with Crippen molar-refractivity contribution >= 4 is 39.6 Å². The van der Waals surface area contributed by atoms with Gasteiger partial charge in [0.25, 0.3) is 0 Å². The van der Waals surface area contributed by atoms with Gasteiger partial charge in [-0.05, 0) is 55.1 Å². The van der Waals surface area contributed by atoms with Crippen LogP contribution in [0, 0.1) is 0 Å². The maximum Gasteiger partial charge on any atom is 0.169 e. The van der Waals surface area contributed by atoms with Crippen LogP contribution in [0.25, 0.3) is 0 Å². The summed E-state index contributed by atoms with van der Waals surface area (Å²) >= 11 is 6.89. The van der Waals surface area contributed by atoms with Crippen LogP contribution in [0.4, 0.5) is 0 Å². The fourth-order valence-corrected chi connectivity index (χ4v) is 2.81. The summed E-state index contributed by atoms with van der Waals surface area (Å²) in [5.41, 5.74) is 0. The van der Waals surface area contributed by atoms with E-state index in [4.69, 9.17) is 4.42 Å². The predicted molar refractivity (Wildman–Crippen MR) is 78.0 cm³/mol. The number of furan rings is 1. The highest BCUT2D eigenvalue weighted by atomic mass is 79.9. The van der Waals surface area contributed by atoms with Crippen molar-refractivity contribution in [1.82, 2.24) is 4.72 Å². The first-order chi connectivity index (χ1) is 7.42. The number of hydrogen-bond acceptors (Lipinski definition) is 4. The highest BCUT2D eigenvalue weighted by Gasteiger charge is 2.18. The molecule has 1 atom stereocenters. The Kier molecular flexibility index (Phi) is 5.77. The van der Waals surface area contributed by atoms with Crippen LogP contribution in [0.1, 0.15) is 32.6 Å². The Bertz CT molecular complexity index is 322. The zero-order chi connectivity index (χ0) is 12.2. The molecule has 16 heavy (non-hydrogen) atoms. The van der Waals surface area contributed by atoms with Crippen LogP contribution in [0.5, 0.6) is 0 Å². The lowest BCUT2D eigenvalue weighted by atomic mass is 10.3. The molecule has 1 heterocycles. The standard InChI is InChI=1S/C11H18BrNOS2/c1-11(2,3)16-13-8(7-15-4)9-5-6-10(12)14-9/h5-6,8,13H,7H2,1-4H3. The van der Waals surface area contributed by atoms with Gasteiger partial charge in [-0.2, -0.15) is 11.8 Å². The van der Waals surface area contributed by atoms with Crippen LogP contribution in [0.15, 0.2) is 21.2 Å². The van der Waals surface area contributed by atoms with Crippen LogP contribution in [-0.4, -0.2) is 16.8 Å². The van der Waals surface area contributed by atoms with Gasteiger partial charge in [-0.15, -0.1) is 0 Å². The molecule has 0 saturated heterocycles. The van der Waals surface area contributed by atoms with Gasteiger partial charge in [0.15, 0.2) is 4.67 Å². The molecule has 2 nitrogen and oxygen atoms in total. The minimum atomic E-state index is 0.209. The second kappa shape index (κ2) is 6.38. The second-order valence-electron chi connectivity index (χ2n) is 4.48. The van der Waals surface area contributed by atoms with Gasteiger partial charge >= 0.3 is 0 Å². The van der Waals surface area contributed by atoms with Gasteiger partial charge in [0.05, 0.1) is 6.04 Å². The van der Waals surface area contributed by atoms with E-state index in [-0.39, 0.29) is 10.8 Å². The van der Waals surface area contributed by atoms with Crippen molar-refractivity contribution in [3.05, 3.63) is 22.6 Å². The summed E-state index contributed by atoms with van der Waals surface area (Å²) in [4.78, 5) is 0. The molecule has 5 heteroatoms. The maximum atomic E-state index is 5.59. The van der Waals surface area contributed by atoms with Crippen molar-refractivity contribution in [3.63, 3.8) is 0 Å². The third kappa shape index (κ3) is 5.17. The molecule has 1 aromatic rings. The minimum absolute atomic E-state index is 0.209. The lowest BCUT2D eigenvalue weighted by Gasteiger charge is -2.22. The van der Waals surface area contributed by atoms with Crippen molar-refractivity contribution < 1.29 is 4.42 Å². The number of thioether (sulfide) groups is 1. The van der Waals surface area contributed by atoms with Gasteiger partial charge in [0.1, 0.15) is 5.76 Å². The molecule has 0 aliphatic heterocycles. The molecule has 0 spiro atoms. The smallest absolute Gasteiger partial charge is 0.169 e. The molecule has 1 N–H and O–H groups in total. The molecular formula is C11H18BrNOS2. The average molecular weight is 324 g/mol. The quantitative estimate of drug-likeness (QED) is 0.807. The highest BCUT2D eigenvalue weighted by molar-refractivity contribution is 9.10. The molecule has 92 valence electrons. The van der Waals surface area contributed by atoms with Crippen LogP contribution in [-0.2, 0) is 0 Å². The number of hydrogen-bond donors (Lipinski definition) is 1. The molecule has 1 rings (SSSR count). The Balaban J connectivity index is 2.61. The number of rotatable bonds is 5. The summed E-state index contributed by atoms with van der Waals surface area (Å²) in [6.45, 7) is 6.58. The van der Waals surface area contributed by atoms with Crippen molar-refractivity contribution in [2.45, 2.75) is 31.6 Å². The monoisotopic (exact) mass is 323 g/mol. The number of halogens is 1. The first-order valence-electron chi connectivity index (χ1n) is 5.10. The van der Waals surface area contributed by atoms with Crippen LogP contribution < -0.4 is 4.72 Å². The van der Waals surface area contributed by atoms with Crippen molar-refractivity contribution in [3.8, 4) is 0 Å². The molecule has 1 unspecified atom stereocenters. The molecule has 0 saturated carbocycles. The molecule has 0 bridgehead atoms. The van der Waals surface area contributed by atoms with E-state index in [0.717, 1.165) is 16.2 Å². The normalized spacial score (nSPS) is 14.1. The third-order valence-electron chi connectivity index (χ3n) is 1.78. The summed E-state index contributed by atoms with van der Waals surface area (Å²) in [5, 5.41) is 0. The van der Waals surface area contributed by atoms with E-state index in [1.807, 2.05) is 23.9 Å². The summed E-state index contributed by atoms with van der Waals surface area (Å²) in [7, 11) is 0. The van der Waals surface area contributed by atoms with Crippen LogP contribution in [0.3, 0.4) is 0 Å². The van der Waals surface area contributed by atoms with E-state index in [0.29, 0.717) is 0 Å². The molecule has 0 aromatic carbocycles. The molecule has 0 aliphatic carbocycles. The van der Waals surface area contributed by atoms with E-state index in [1.54, 1.807) is 11.9 Å². The van der Waals surface area contributed by atoms with Gasteiger partial charge in [-0.1, -0.05) is 11.9 Å². The molecule has 0 radical (unpaired) electrons. The zero-order valence-corrected chi connectivity index (χ0v) is 13.3. The Morgan fingerprint density at radius 3 is 2.56 bits per heavy atom. The maximum absolute atomic E-state index is 5.59. The summed E-state index contributed by atoms with van der Waals surface area (Å²) in [6, 6.07) is 4.21. The summed E-state index contributed by atoms with van der Waals surface area (Å²) in [5.74, 6) is 1.99. The summed E-state index contributed by atoms with van der Waals surface area (Å²) in [6.07, 6.45) is 2.11. The van der Waals surface area contributed by atoms with E-state index in [1.165, 1.54) is 0 Å². The highest BCUT2D eigenvalue weighted by Crippen LogP contribution is 2.28. The average Bonchev–Trinajstić information content (AvgIpc) is 2.57. The first kappa shape index (κ1) is 14.5. The van der Waals surface area contributed by atoms with Gasteiger partial charge < -0.3 is 4.42 Å². The van der Waals surface area contributed by atoms with Crippen molar-refractivity contribution in [2.24, 2.45) is 0 Å². The zero-order valence-electron chi connectivity index (χ0n) is 10.0. The largest absolute Gasteiger partial charge is 0.453 e. The molecular weight excluding hydrogens is 306 g/mol. The third-order valence-corrected chi connectivity index (χ3v) is 3.89. The van der Waals surface area contributed by atoms with E-state index in [2.05, 4.69) is 47.7 Å². The number of nitrogens with one attached hydrogen (secondary N) is 1. The summed E-state index contributed by atoms with van der Waals surface area (Å²) < 4.78 is 10.1. The lowest BCUT2D eigenvalue weighted by molar-refractivity contribution is 0.454. The Hall–Kier alpha value is 0.420. The van der Waals surface area contributed by atoms with Crippen LogP contribution in [0.2, 0.25) is 0 Å². The van der Waals surface area contributed by atoms with Gasteiger partial charge in [0.2, 0.25) is 0 Å². The van der Waals surface area contributed by atoms with Gasteiger partial charge in [-0.25, -0.2) is 0 Å². The van der Waals surface area contributed by atoms with Gasteiger partial charge in [-0.3, -0.25) is 4.72 Å².